The average Bonchev–Trinajstić information content (AvgIpc) is 2.82. The van der Waals surface area contributed by atoms with Crippen LogP contribution < -0.4 is 5.73 Å². The third kappa shape index (κ3) is 1.49. The van der Waals surface area contributed by atoms with Gasteiger partial charge >= 0.3 is 0 Å². The van der Waals surface area contributed by atoms with Gasteiger partial charge in [0.05, 0.1) is 9.88 Å². The molecule has 3 rings (SSSR count). The molecule has 0 bridgehead atoms. The zero-order valence-corrected chi connectivity index (χ0v) is 9.31. The highest BCUT2D eigenvalue weighted by Gasteiger charge is 2.08. The molecule has 0 spiro atoms. The molecule has 3 nitrogen and oxygen atoms in total. The van der Waals surface area contributed by atoms with E-state index in [4.69, 9.17) is 5.73 Å². The monoisotopic (exact) mass is 233 g/mol. The van der Waals surface area contributed by atoms with Gasteiger partial charge in [-0.15, -0.1) is 11.3 Å². The standard InChI is InChI=1S/C10H7N3S2/c11-8-4-3-7(14-8)10-13-6-2-1-5-12-9(6)15-10/h1-5H,11H2. The first-order valence-corrected chi connectivity index (χ1v) is 6.03. The lowest BCUT2D eigenvalue weighted by molar-refractivity contribution is 1.41. The number of nitrogens with zero attached hydrogens (tertiary/aromatic N) is 2. The van der Waals surface area contributed by atoms with E-state index in [9.17, 15) is 0 Å². The Morgan fingerprint density at radius 1 is 1.13 bits per heavy atom. The van der Waals surface area contributed by atoms with Crippen LogP contribution >= 0.6 is 22.7 Å². The first-order valence-electron chi connectivity index (χ1n) is 4.40. The topological polar surface area (TPSA) is 51.8 Å². The summed E-state index contributed by atoms with van der Waals surface area (Å²) in [6, 6.07) is 7.77. The van der Waals surface area contributed by atoms with Gasteiger partial charge in [0.25, 0.3) is 0 Å². The SMILES string of the molecule is Nc1ccc(-c2nc3cccnc3s2)s1. The minimum absolute atomic E-state index is 0.817. The van der Waals surface area contributed by atoms with Crippen molar-refractivity contribution in [2.75, 3.05) is 5.73 Å². The van der Waals surface area contributed by atoms with E-state index in [2.05, 4.69) is 9.97 Å². The number of thiophene rings is 1. The van der Waals surface area contributed by atoms with Crippen LogP contribution in [-0.4, -0.2) is 9.97 Å². The van der Waals surface area contributed by atoms with Gasteiger partial charge in [-0.05, 0) is 24.3 Å². The molecule has 3 heterocycles. The maximum Gasteiger partial charge on any atom is 0.143 e. The molecule has 74 valence electrons. The van der Waals surface area contributed by atoms with Gasteiger partial charge in [0.1, 0.15) is 15.4 Å². The van der Waals surface area contributed by atoms with Crippen molar-refractivity contribution in [3.63, 3.8) is 0 Å². The molecular weight excluding hydrogens is 226 g/mol. The largest absolute Gasteiger partial charge is 0.391 e. The zero-order valence-electron chi connectivity index (χ0n) is 7.68. The van der Waals surface area contributed by atoms with Gasteiger partial charge in [-0.1, -0.05) is 11.3 Å². The molecule has 0 saturated carbocycles. The Morgan fingerprint density at radius 3 is 2.80 bits per heavy atom. The molecule has 0 atom stereocenters. The Hall–Kier alpha value is -1.46. The van der Waals surface area contributed by atoms with Gasteiger partial charge < -0.3 is 5.73 Å². The minimum atomic E-state index is 0.817. The normalized spacial score (nSPS) is 10.9. The highest BCUT2D eigenvalue weighted by atomic mass is 32.1. The molecule has 0 unspecified atom stereocenters. The molecule has 0 aliphatic rings. The Bertz CT molecular complexity index is 579. The Morgan fingerprint density at radius 2 is 2.07 bits per heavy atom. The van der Waals surface area contributed by atoms with Crippen molar-refractivity contribution in [1.82, 2.24) is 9.97 Å². The van der Waals surface area contributed by atoms with Crippen LogP contribution in [0.15, 0.2) is 30.5 Å². The number of nitrogen functional groups attached to an aromatic ring is 1. The van der Waals surface area contributed by atoms with E-state index in [1.165, 1.54) is 0 Å². The number of rotatable bonds is 1. The molecule has 0 amide bonds. The predicted octanol–water partition coefficient (Wildman–Crippen LogP) is 3.00. The number of aromatic nitrogens is 2. The van der Waals surface area contributed by atoms with Crippen LogP contribution in [-0.2, 0) is 0 Å². The summed E-state index contributed by atoms with van der Waals surface area (Å²) in [4.78, 5) is 10.8. The lowest BCUT2D eigenvalue weighted by Gasteiger charge is -1.84. The molecule has 0 fully saturated rings. The molecule has 0 radical (unpaired) electrons. The van der Waals surface area contributed by atoms with Crippen molar-refractivity contribution < 1.29 is 0 Å². The van der Waals surface area contributed by atoms with Crippen molar-refractivity contribution in [3.8, 4) is 9.88 Å². The zero-order chi connectivity index (χ0) is 10.3. The van der Waals surface area contributed by atoms with Crippen LogP contribution in [0.25, 0.3) is 20.2 Å². The first kappa shape index (κ1) is 8.82. The van der Waals surface area contributed by atoms with E-state index in [1.807, 2.05) is 24.3 Å². The Labute approximate surface area is 94.2 Å². The second kappa shape index (κ2) is 3.29. The summed E-state index contributed by atoms with van der Waals surface area (Å²) in [5, 5.41) is 1.81. The number of hydrogen-bond acceptors (Lipinski definition) is 5. The fourth-order valence-electron chi connectivity index (χ4n) is 1.34. The second-order valence-electron chi connectivity index (χ2n) is 3.05. The highest BCUT2D eigenvalue weighted by Crippen LogP contribution is 2.34. The molecule has 2 N–H and O–H groups in total. The summed E-state index contributed by atoms with van der Waals surface area (Å²) in [5.41, 5.74) is 6.64. The van der Waals surface area contributed by atoms with Crippen LogP contribution in [0.4, 0.5) is 5.00 Å². The Kier molecular flexibility index (Phi) is 1.93. The molecular formula is C10H7N3S2. The molecule has 0 aromatic carbocycles. The lowest BCUT2D eigenvalue weighted by atomic mass is 10.4. The van der Waals surface area contributed by atoms with Crippen LogP contribution in [0.2, 0.25) is 0 Å². The number of nitrogens with two attached hydrogens (primary N) is 1. The summed E-state index contributed by atoms with van der Waals surface area (Å²) in [6.45, 7) is 0. The van der Waals surface area contributed by atoms with Crippen molar-refractivity contribution in [2.45, 2.75) is 0 Å². The van der Waals surface area contributed by atoms with E-state index in [-0.39, 0.29) is 0 Å². The Balaban J connectivity index is 2.19. The highest BCUT2D eigenvalue weighted by molar-refractivity contribution is 7.26. The number of fused-ring (bicyclic) bond motifs is 1. The molecule has 3 aromatic heterocycles. The van der Waals surface area contributed by atoms with E-state index in [0.717, 1.165) is 25.2 Å². The van der Waals surface area contributed by atoms with Crippen molar-refractivity contribution >= 4 is 38.0 Å². The predicted molar refractivity (Wildman–Crippen MR) is 65.1 cm³/mol. The summed E-state index contributed by atoms with van der Waals surface area (Å²) in [5.74, 6) is 0. The molecule has 0 aliphatic heterocycles. The number of anilines is 1. The molecule has 0 aliphatic carbocycles. The van der Waals surface area contributed by atoms with Gasteiger partial charge in [-0.2, -0.15) is 0 Å². The minimum Gasteiger partial charge on any atom is -0.391 e. The fraction of sp³-hybridized carbons (Fsp3) is 0. The van der Waals surface area contributed by atoms with Gasteiger partial charge in [0, 0.05) is 6.20 Å². The van der Waals surface area contributed by atoms with Crippen molar-refractivity contribution in [2.24, 2.45) is 0 Å². The molecule has 0 saturated heterocycles. The third-order valence-electron chi connectivity index (χ3n) is 2.00. The molecule has 5 heteroatoms. The van der Waals surface area contributed by atoms with Gasteiger partial charge in [-0.3, -0.25) is 0 Å². The van der Waals surface area contributed by atoms with Crippen molar-refractivity contribution in [3.05, 3.63) is 30.5 Å². The summed E-state index contributed by atoms with van der Waals surface area (Å²) >= 11 is 3.15. The van der Waals surface area contributed by atoms with Crippen molar-refractivity contribution in [1.29, 1.82) is 0 Å². The van der Waals surface area contributed by atoms with Crippen LogP contribution in [0.1, 0.15) is 0 Å². The maximum absolute atomic E-state index is 5.69. The van der Waals surface area contributed by atoms with Crippen LogP contribution in [0.5, 0.6) is 0 Å². The van der Waals surface area contributed by atoms with Gasteiger partial charge in [0.2, 0.25) is 0 Å². The van der Waals surface area contributed by atoms with Crippen LogP contribution in [0, 0.1) is 0 Å². The summed E-state index contributed by atoms with van der Waals surface area (Å²) in [7, 11) is 0. The average molecular weight is 233 g/mol. The third-order valence-corrected chi connectivity index (χ3v) is 4.07. The lowest BCUT2D eigenvalue weighted by Crippen LogP contribution is -1.72. The fourth-order valence-corrected chi connectivity index (χ4v) is 3.08. The summed E-state index contributed by atoms with van der Waals surface area (Å²) < 4.78 is 0. The van der Waals surface area contributed by atoms with E-state index in [0.29, 0.717) is 0 Å². The van der Waals surface area contributed by atoms with E-state index >= 15 is 0 Å². The van der Waals surface area contributed by atoms with Gasteiger partial charge in [0.15, 0.2) is 0 Å². The second-order valence-corrected chi connectivity index (χ2v) is 5.14. The summed E-state index contributed by atoms with van der Waals surface area (Å²) in [6.07, 6.45) is 1.78. The number of thiazole rings is 1. The van der Waals surface area contributed by atoms with Gasteiger partial charge in [-0.25, -0.2) is 9.97 Å². The maximum atomic E-state index is 5.69. The molecule has 15 heavy (non-hydrogen) atoms. The quantitative estimate of drug-likeness (QED) is 0.703. The van der Waals surface area contributed by atoms with E-state index < -0.39 is 0 Å². The molecule has 3 aromatic rings. The first-order chi connectivity index (χ1) is 7.33. The smallest absolute Gasteiger partial charge is 0.143 e. The number of hydrogen-bond donors (Lipinski definition) is 1. The van der Waals surface area contributed by atoms with Crippen LogP contribution in [0.3, 0.4) is 0 Å². The number of pyridine rings is 1. The van der Waals surface area contributed by atoms with E-state index in [1.54, 1.807) is 28.9 Å².